The minimum absolute atomic E-state index is 0.00801. The van der Waals surface area contributed by atoms with Crippen molar-refractivity contribution in [3.63, 3.8) is 0 Å². The quantitative estimate of drug-likeness (QED) is 0.634. The van der Waals surface area contributed by atoms with Crippen LogP contribution in [0.25, 0.3) is 10.6 Å². The summed E-state index contributed by atoms with van der Waals surface area (Å²) in [6.07, 6.45) is 0. The molecule has 7 nitrogen and oxygen atoms in total. The number of aromatic nitrogens is 2. The first-order valence-corrected chi connectivity index (χ1v) is 10.9. The number of ether oxygens (including phenoxy) is 1. The average molecular weight is 445 g/mol. The third kappa shape index (κ3) is 4.72. The first-order chi connectivity index (χ1) is 14.6. The van der Waals surface area contributed by atoms with Gasteiger partial charge in [0, 0.05) is 24.7 Å². The highest BCUT2D eigenvalue weighted by Crippen LogP contribution is 2.26. The highest BCUT2D eigenvalue weighted by atomic mass is 35.5. The second-order valence-corrected chi connectivity index (χ2v) is 8.18. The van der Waals surface area contributed by atoms with E-state index in [4.69, 9.17) is 16.3 Å². The number of halogens is 1. The van der Waals surface area contributed by atoms with Crippen molar-refractivity contribution in [3.05, 3.63) is 64.1 Å². The molecule has 1 saturated heterocycles. The summed E-state index contributed by atoms with van der Waals surface area (Å²) in [4.78, 5) is 28.1. The summed E-state index contributed by atoms with van der Waals surface area (Å²) in [7, 11) is 0. The van der Waals surface area contributed by atoms with Gasteiger partial charge in [-0.25, -0.2) is 0 Å². The molecule has 3 heterocycles. The van der Waals surface area contributed by atoms with E-state index in [2.05, 4.69) is 10.4 Å². The van der Waals surface area contributed by atoms with Crippen LogP contribution in [-0.2, 0) is 22.6 Å². The molecule has 9 heteroatoms. The summed E-state index contributed by atoms with van der Waals surface area (Å²) in [5.74, 6) is -0.354. The molecule has 0 spiro atoms. The second kappa shape index (κ2) is 9.42. The summed E-state index contributed by atoms with van der Waals surface area (Å²) in [5.41, 5.74) is 1.92. The highest BCUT2D eigenvalue weighted by molar-refractivity contribution is 7.13. The van der Waals surface area contributed by atoms with E-state index in [1.807, 2.05) is 35.7 Å². The Balaban J connectivity index is 1.51. The third-order valence-electron chi connectivity index (χ3n) is 4.80. The number of morpholine rings is 1. The number of rotatable bonds is 6. The molecule has 1 aromatic carbocycles. The van der Waals surface area contributed by atoms with Gasteiger partial charge in [-0.05, 0) is 29.1 Å². The van der Waals surface area contributed by atoms with Crippen LogP contribution in [0.15, 0.2) is 47.8 Å². The molecule has 30 heavy (non-hydrogen) atoms. The smallest absolute Gasteiger partial charge is 0.274 e. The molecule has 0 aliphatic carbocycles. The normalized spacial score (nSPS) is 14.0. The van der Waals surface area contributed by atoms with Gasteiger partial charge in [0.1, 0.15) is 6.54 Å². The molecule has 1 aliphatic rings. The predicted octanol–water partition coefficient (Wildman–Crippen LogP) is 3.05. The van der Waals surface area contributed by atoms with Gasteiger partial charge >= 0.3 is 0 Å². The zero-order chi connectivity index (χ0) is 20.9. The van der Waals surface area contributed by atoms with Gasteiger partial charge in [-0.15, -0.1) is 11.3 Å². The highest BCUT2D eigenvalue weighted by Gasteiger charge is 2.23. The van der Waals surface area contributed by atoms with E-state index in [0.29, 0.717) is 43.6 Å². The van der Waals surface area contributed by atoms with Crippen molar-refractivity contribution in [2.24, 2.45) is 0 Å². The molecule has 4 rings (SSSR count). The van der Waals surface area contributed by atoms with Gasteiger partial charge in [0.2, 0.25) is 5.91 Å². The van der Waals surface area contributed by atoms with Gasteiger partial charge < -0.3 is 15.0 Å². The van der Waals surface area contributed by atoms with E-state index in [9.17, 15) is 9.59 Å². The second-order valence-electron chi connectivity index (χ2n) is 6.82. The number of hydrogen-bond acceptors (Lipinski definition) is 5. The summed E-state index contributed by atoms with van der Waals surface area (Å²) in [6.45, 7) is 2.46. The molecule has 1 fully saturated rings. The molecule has 2 aromatic heterocycles. The van der Waals surface area contributed by atoms with Gasteiger partial charge in [0.05, 0.1) is 23.8 Å². The Morgan fingerprint density at radius 3 is 2.70 bits per heavy atom. The molecule has 1 aliphatic heterocycles. The number of carbonyl (C=O) groups is 2. The lowest BCUT2D eigenvalue weighted by molar-refractivity contribution is -0.122. The lowest BCUT2D eigenvalue weighted by atomic mass is 10.2. The van der Waals surface area contributed by atoms with Crippen LogP contribution in [-0.4, -0.2) is 52.8 Å². The maximum absolute atomic E-state index is 12.9. The van der Waals surface area contributed by atoms with E-state index >= 15 is 0 Å². The van der Waals surface area contributed by atoms with Gasteiger partial charge in [0.25, 0.3) is 5.91 Å². The van der Waals surface area contributed by atoms with Crippen molar-refractivity contribution in [1.82, 2.24) is 20.0 Å². The lowest BCUT2D eigenvalue weighted by Crippen LogP contribution is -2.40. The predicted molar refractivity (Wildman–Crippen MR) is 116 cm³/mol. The Hall–Kier alpha value is -2.68. The summed E-state index contributed by atoms with van der Waals surface area (Å²) >= 11 is 7.69. The number of nitrogens with zero attached hydrogens (tertiary/aromatic N) is 3. The average Bonchev–Trinajstić information content (AvgIpc) is 3.43. The van der Waals surface area contributed by atoms with Crippen LogP contribution in [0, 0.1) is 0 Å². The van der Waals surface area contributed by atoms with Crippen LogP contribution in [0.4, 0.5) is 0 Å². The lowest BCUT2D eigenvalue weighted by Gasteiger charge is -2.25. The first-order valence-electron chi connectivity index (χ1n) is 9.60. The van der Waals surface area contributed by atoms with Crippen LogP contribution in [0.2, 0.25) is 5.02 Å². The molecule has 2 amide bonds. The van der Waals surface area contributed by atoms with Gasteiger partial charge in [-0.3, -0.25) is 14.3 Å². The van der Waals surface area contributed by atoms with E-state index in [1.165, 1.54) is 11.3 Å². The fourth-order valence-corrected chi connectivity index (χ4v) is 4.17. The van der Waals surface area contributed by atoms with E-state index in [0.717, 1.165) is 16.1 Å². The van der Waals surface area contributed by atoms with Gasteiger partial charge in [-0.1, -0.05) is 35.9 Å². The molecular weight excluding hydrogens is 424 g/mol. The SMILES string of the molecule is O=C(Cn1nc(C(=O)N2CCOCC2)cc1-c1cccs1)NCc1ccccc1Cl. The number of nitrogens with one attached hydrogen (secondary N) is 1. The molecule has 3 aromatic rings. The molecule has 0 bridgehead atoms. The standard InChI is InChI=1S/C21H21ClN4O3S/c22-16-5-2-1-4-15(16)13-23-20(27)14-26-18(19-6-3-11-30-19)12-17(24-26)21(28)25-7-9-29-10-8-25/h1-6,11-12H,7-10,13-14H2,(H,23,27). The molecular formula is C21H21ClN4O3S. The summed E-state index contributed by atoms with van der Waals surface area (Å²) in [5, 5.41) is 9.89. The van der Waals surface area contributed by atoms with Gasteiger partial charge in [-0.2, -0.15) is 5.10 Å². The maximum atomic E-state index is 12.9. The number of hydrogen-bond donors (Lipinski definition) is 1. The molecule has 156 valence electrons. The molecule has 0 unspecified atom stereocenters. The fraction of sp³-hybridized carbons (Fsp3) is 0.286. The maximum Gasteiger partial charge on any atom is 0.274 e. The molecule has 1 N–H and O–H groups in total. The van der Waals surface area contributed by atoms with Crippen molar-refractivity contribution in [3.8, 4) is 10.6 Å². The van der Waals surface area contributed by atoms with Gasteiger partial charge in [0.15, 0.2) is 5.69 Å². The molecule has 0 saturated carbocycles. The van der Waals surface area contributed by atoms with Crippen molar-refractivity contribution >= 4 is 34.8 Å². The topological polar surface area (TPSA) is 76.5 Å². The van der Waals surface area contributed by atoms with Crippen LogP contribution in [0.3, 0.4) is 0 Å². The summed E-state index contributed by atoms with van der Waals surface area (Å²) < 4.78 is 6.90. The summed E-state index contributed by atoms with van der Waals surface area (Å²) in [6, 6.07) is 13.0. The zero-order valence-corrected chi connectivity index (χ0v) is 17.8. The Morgan fingerprint density at radius 2 is 1.97 bits per heavy atom. The Kier molecular flexibility index (Phi) is 6.47. The van der Waals surface area contributed by atoms with Crippen LogP contribution in [0.5, 0.6) is 0 Å². The molecule has 0 radical (unpaired) electrons. The van der Waals surface area contributed by atoms with Crippen LogP contribution >= 0.6 is 22.9 Å². The van der Waals surface area contributed by atoms with Crippen molar-refractivity contribution in [2.75, 3.05) is 26.3 Å². The fourth-order valence-electron chi connectivity index (χ4n) is 3.22. The van der Waals surface area contributed by atoms with Crippen LogP contribution < -0.4 is 5.32 Å². The number of amides is 2. The Labute approximate surface area is 183 Å². The number of thiophene rings is 1. The Morgan fingerprint density at radius 1 is 1.17 bits per heavy atom. The molecule has 0 atom stereocenters. The van der Waals surface area contributed by atoms with E-state index in [-0.39, 0.29) is 18.4 Å². The largest absolute Gasteiger partial charge is 0.378 e. The minimum atomic E-state index is -0.207. The number of benzene rings is 1. The Bertz CT molecular complexity index is 1030. The zero-order valence-electron chi connectivity index (χ0n) is 16.2. The van der Waals surface area contributed by atoms with E-state index < -0.39 is 0 Å². The van der Waals surface area contributed by atoms with Crippen molar-refractivity contribution in [2.45, 2.75) is 13.1 Å². The first kappa shape index (κ1) is 20.6. The minimum Gasteiger partial charge on any atom is -0.378 e. The van der Waals surface area contributed by atoms with Crippen molar-refractivity contribution in [1.29, 1.82) is 0 Å². The van der Waals surface area contributed by atoms with E-state index in [1.54, 1.807) is 21.7 Å². The number of carbonyl (C=O) groups excluding carboxylic acids is 2. The van der Waals surface area contributed by atoms with Crippen molar-refractivity contribution < 1.29 is 14.3 Å². The van der Waals surface area contributed by atoms with Crippen LogP contribution in [0.1, 0.15) is 16.1 Å². The monoisotopic (exact) mass is 444 g/mol. The third-order valence-corrected chi connectivity index (χ3v) is 6.06.